The van der Waals surface area contributed by atoms with Crippen LogP contribution in [0, 0.1) is 6.92 Å². The Bertz CT molecular complexity index is 888. The van der Waals surface area contributed by atoms with Gasteiger partial charge < -0.3 is 19.3 Å². The highest BCUT2D eigenvalue weighted by molar-refractivity contribution is 5.93. The molecule has 0 spiro atoms. The Hall–Kier alpha value is -3.02. The van der Waals surface area contributed by atoms with Crippen LogP contribution in [-0.2, 0) is 13.6 Å². The van der Waals surface area contributed by atoms with E-state index in [4.69, 9.17) is 4.42 Å². The van der Waals surface area contributed by atoms with E-state index in [1.807, 2.05) is 30.7 Å². The lowest BCUT2D eigenvalue weighted by Gasteiger charge is -2.07. The molecular weight excluding hydrogens is 294 g/mol. The number of furan rings is 1. The highest BCUT2D eigenvalue weighted by Gasteiger charge is 2.12. The number of aryl methyl sites for hydroxylation is 1. The van der Waals surface area contributed by atoms with E-state index < -0.39 is 11.5 Å². The molecule has 0 aliphatic rings. The molecule has 0 fully saturated rings. The highest BCUT2D eigenvalue weighted by Crippen LogP contribution is 2.15. The van der Waals surface area contributed by atoms with Crippen molar-refractivity contribution < 1.29 is 9.21 Å². The van der Waals surface area contributed by atoms with Crippen LogP contribution in [0.2, 0.25) is 0 Å². The molecule has 0 saturated carbocycles. The van der Waals surface area contributed by atoms with Crippen molar-refractivity contribution in [2.45, 2.75) is 13.5 Å². The normalized spacial score (nSPS) is 10.7. The third-order valence-corrected chi connectivity index (χ3v) is 3.85. The van der Waals surface area contributed by atoms with Gasteiger partial charge in [0.05, 0.1) is 18.5 Å². The zero-order chi connectivity index (χ0) is 16.4. The maximum Gasteiger partial charge on any atom is 0.261 e. The van der Waals surface area contributed by atoms with Crippen molar-refractivity contribution in [2.75, 3.05) is 0 Å². The van der Waals surface area contributed by atoms with Gasteiger partial charge >= 0.3 is 0 Å². The quantitative estimate of drug-likeness (QED) is 0.775. The van der Waals surface area contributed by atoms with Gasteiger partial charge in [-0.25, -0.2) is 0 Å². The van der Waals surface area contributed by atoms with E-state index in [0.717, 1.165) is 11.4 Å². The summed E-state index contributed by atoms with van der Waals surface area (Å²) in [5, 5.41) is 2.76. The largest absolute Gasteiger partial charge is 0.463 e. The number of pyridine rings is 1. The Labute approximate surface area is 132 Å². The average molecular weight is 311 g/mol. The van der Waals surface area contributed by atoms with Gasteiger partial charge in [0.25, 0.3) is 11.5 Å². The Balaban J connectivity index is 1.75. The van der Waals surface area contributed by atoms with E-state index in [1.165, 1.54) is 12.3 Å². The number of amides is 1. The highest BCUT2D eigenvalue weighted by atomic mass is 16.3. The zero-order valence-electron chi connectivity index (χ0n) is 12.9. The first-order valence-electron chi connectivity index (χ1n) is 7.23. The van der Waals surface area contributed by atoms with Crippen molar-refractivity contribution in [3.8, 4) is 11.5 Å². The van der Waals surface area contributed by atoms with Gasteiger partial charge in [0.15, 0.2) is 0 Å². The summed E-state index contributed by atoms with van der Waals surface area (Å²) in [7, 11) is 1.93. The SMILES string of the molecule is Cc1ccc(CNC(=O)c2ccc(-c3ccco3)[nH]c2=O)n1C. The maximum absolute atomic E-state index is 12.2. The number of hydrogen-bond donors (Lipinski definition) is 2. The van der Waals surface area contributed by atoms with Gasteiger partial charge in [-0.15, -0.1) is 0 Å². The molecule has 1 amide bonds. The average Bonchev–Trinajstić information content (AvgIpc) is 3.17. The van der Waals surface area contributed by atoms with Crippen molar-refractivity contribution in [1.82, 2.24) is 14.9 Å². The molecule has 0 bridgehead atoms. The predicted octanol–water partition coefficient (Wildman–Crippen LogP) is 2.21. The van der Waals surface area contributed by atoms with Crippen LogP contribution in [0.4, 0.5) is 0 Å². The van der Waals surface area contributed by atoms with Gasteiger partial charge in [0, 0.05) is 18.4 Å². The number of rotatable bonds is 4. The van der Waals surface area contributed by atoms with Crippen LogP contribution in [0.5, 0.6) is 0 Å². The molecule has 0 radical (unpaired) electrons. The predicted molar refractivity (Wildman–Crippen MR) is 86.1 cm³/mol. The molecule has 0 aliphatic heterocycles. The fraction of sp³-hybridized carbons (Fsp3) is 0.176. The molecule has 118 valence electrons. The van der Waals surface area contributed by atoms with Crippen LogP contribution in [0.1, 0.15) is 21.7 Å². The maximum atomic E-state index is 12.2. The van der Waals surface area contributed by atoms with E-state index in [0.29, 0.717) is 18.0 Å². The minimum atomic E-state index is -0.445. The third kappa shape index (κ3) is 2.96. The second-order valence-electron chi connectivity index (χ2n) is 5.30. The minimum absolute atomic E-state index is 0.0752. The minimum Gasteiger partial charge on any atom is -0.463 e. The van der Waals surface area contributed by atoms with Crippen LogP contribution in [-0.4, -0.2) is 15.5 Å². The summed E-state index contributed by atoms with van der Waals surface area (Å²) in [6.07, 6.45) is 1.52. The van der Waals surface area contributed by atoms with Crippen LogP contribution in [0.3, 0.4) is 0 Å². The molecule has 2 N–H and O–H groups in total. The van der Waals surface area contributed by atoms with Crippen LogP contribution in [0.25, 0.3) is 11.5 Å². The second-order valence-corrected chi connectivity index (χ2v) is 5.30. The fourth-order valence-corrected chi connectivity index (χ4v) is 2.34. The van der Waals surface area contributed by atoms with Crippen molar-refractivity contribution in [1.29, 1.82) is 0 Å². The summed E-state index contributed by atoms with van der Waals surface area (Å²) in [6.45, 7) is 2.35. The summed E-state index contributed by atoms with van der Waals surface area (Å²) in [5.41, 5.74) is 2.25. The summed E-state index contributed by atoms with van der Waals surface area (Å²) in [5.74, 6) is 0.143. The molecule has 0 saturated heterocycles. The van der Waals surface area contributed by atoms with Crippen molar-refractivity contribution >= 4 is 5.91 Å². The first-order valence-corrected chi connectivity index (χ1v) is 7.23. The number of aromatic nitrogens is 2. The van der Waals surface area contributed by atoms with Crippen molar-refractivity contribution in [3.05, 3.63) is 70.0 Å². The summed E-state index contributed by atoms with van der Waals surface area (Å²) in [6, 6.07) is 10.6. The molecule has 6 nitrogen and oxygen atoms in total. The molecule has 3 heterocycles. The summed E-state index contributed by atoms with van der Waals surface area (Å²) in [4.78, 5) is 26.9. The lowest BCUT2D eigenvalue weighted by atomic mass is 10.2. The van der Waals surface area contributed by atoms with Gasteiger partial charge in [0.2, 0.25) is 0 Å². The molecule has 0 unspecified atom stereocenters. The van der Waals surface area contributed by atoms with Crippen molar-refractivity contribution in [3.63, 3.8) is 0 Å². The molecule has 3 rings (SSSR count). The van der Waals surface area contributed by atoms with Crippen LogP contribution < -0.4 is 10.9 Å². The molecule has 0 aliphatic carbocycles. The first kappa shape index (κ1) is 14.9. The molecule has 0 aromatic carbocycles. The van der Waals surface area contributed by atoms with Crippen LogP contribution >= 0.6 is 0 Å². The van der Waals surface area contributed by atoms with E-state index in [9.17, 15) is 9.59 Å². The van der Waals surface area contributed by atoms with Gasteiger partial charge in [-0.2, -0.15) is 0 Å². The van der Waals surface area contributed by atoms with E-state index in [1.54, 1.807) is 18.2 Å². The molecule has 3 aromatic rings. The topological polar surface area (TPSA) is 80.0 Å². The molecule has 23 heavy (non-hydrogen) atoms. The number of hydrogen-bond acceptors (Lipinski definition) is 3. The van der Waals surface area contributed by atoms with Crippen LogP contribution in [0.15, 0.2) is 51.9 Å². The third-order valence-electron chi connectivity index (χ3n) is 3.85. The van der Waals surface area contributed by atoms with Crippen molar-refractivity contribution in [2.24, 2.45) is 7.05 Å². The lowest BCUT2D eigenvalue weighted by Crippen LogP contribution is -2.29. The summed E-state index contributed by atoms with van der Waals surface area (Å²) < 4.78 is 7.21. The Morgan fingerprint density at radius 1 is 1.26 bits per heavy atom. The Morgan fingerprint density at radius 2 is 2.09 bits per heavy atom. The second kappa shape index (κ2) is 6.00. The zero-order valence-corrected chi connectivity index (χ0v) is 12.9. The van der Waals surface area contributed by atoms with E-state index in [-0.39, 0.29) is 5.56 Å². The number of carbonyl (C=O) groups is 1. The van der Waals surface area contributed by atoms with Gasteiger partial charge in [-0.1, -0.05) is 0 Å². The smallest absolute Gasteiger partial charge is 0.261 e. The van der Waals surface area contributed by atoms with E-state index in [2.05, 4.69) is 10.3 Å². The molecule has 3 aromatic heterocycles. The number of nitrogens with zero attached hydrogens (tertiary/aromatic N) is 1. The Kier molecular flexibility index (Phi) is 3.89. The summed E-state index contributed by atoms with van der Waals surface area (Å²) >= 11 is 0. The molecule has 6 heteroatoms. The first-order chi connectivity index (χ1) is 11.1. The monoisotopic (exact) mass is 311 g/mol. The number of nitrogens with one attached hydrogen (secondary N) is 2. The lowest BCUT2D eigenvalue weighted by molar-refractivity contribution is 0.0948. The molecule has 0 atom stereocenters. The number of aromatic amines is 1. The van der Waals surface area contributed by atoms with Gasteiger partial charge in [0.1, 0.15) is 11.3 Å². The van der Waals surface area contributed by atoms with E-state index >= 15 is 0 Å². The molecular formula is C17H17N3O3. The number of carbonyl (C=O) groups excluding carboxylic acids is 1. The van der Waals surface area contributed by atoms with Gasteiger partial charge in [-0.3, -0.25) is 9.59 Å². The number of H-pyrrole nitrogens is 1. The van der Waals surface area contributed by atoms with Gasteiger partial charge in [-0.05, 0) is 43.3 Å². The standard InChI is InChI=1S/C17H17N3O3/c1-11-5-6-12(20(11)2)10-18-16(21)13-7-8-14(19-17(13)22)15-4-3-9-23-15/h3-9H,10H2,1-2H3,(H,18,21)(H,19,22). The Morgan fingerprint density at radius 3 is 2.70 bits per heavy atom. The fourth-order valence-electron chi connectivity index (χ4n) is 2.34.